The molecule has 1 atom stereocenters. The molecule has 0 aliphatic rings. The molecule has 0 saturated heterocycles. The van der Waals surface area contributed by atoms with E-state index in [0.717, 1.165) is 29.0 Å². The summed E-state index contributed by atoms with van der Waals surface area (Å²) in [6.07, 6.45) is 3.03. The second-order valence-corrected chi connectivity index (χ2v) is 9.15. The molecular formula is C32H32N2O5. The zero-order valence-corrected chi connectivity index (χ0v) is 22.1. The Kier molecular flexibility index (Phi) is 9.29. The number of allylic oxidation sites excluding steroid dienone is 2. The molecule has 0 radical (unpaired) electrons. The number of aromatic nitrogens is 1. The van der Waals surface area contributed by atoms with Crippen molar-refractivity contribution < 1.29 is 23.8 Å². The number of ketones is 1. The Morgan fingerprint density at radius 3 is 2.31 bits per heavy atom. The Balaban J connectivity index is 1.31. The van der Waals surface area contributed by atoms with Crippen molar-refractivity contribution >= 4 is 11.8 Å². The molecule has 200 valence electrons. The first-order valence-electron chi connectivity index (χ1n) is 13.0. The minimum atomic E-state index is -0.996. The highest BCUT2D eigenvalue weighted by atomic mass is 16.5. The Morgan fingerprint density at radius 1 is 1.00 bits per heavy atom. The van der Waals surface area contributed by atoms with E-state index in [9.17, 15) is 14.7 Å². The van der Waals surface area contributed by atoms with Crippen LogP contribution >= 0.6 is 0 Å². The summed E-state index contributed by atoms with van der Waals surface area (Å²) in [7, 11) is 0. The minimum Gasteiger partial charge on any atom is -0.493 e. The van der Waals surface area contributed by atoms with Crippen LogP contribution < -0.4 is 10.1 Å². The highest BCUT2D eigenvalue weighted by molar-refractivity contribution is 6.04. The lowest BCUT2D eigenvalue weighted by Gasteiger charge is -2.16. The summed E-state index contributed by atoms with van der Waals surface area (Å²) in [4.78, 5) is 28.9. The molecule has 3 aromatic carbocycles. The minimum absolute atomic E-state index is 0.181. The van der Waals surface area contributed by atoms with Gasteiger partial charge < -0.3 is 19.6 Å². The number of hydrogen-bond donors (Lipinski definition) is 2. The smallest absolute Gasteiger partial charge is 0.326 e. The second kappa shape index (κ2) is 13.2. The number of hydrogen-bond acceptors (Lipinski definition) is 6. The van der Waals surface area contributed by atoms with Crippen molar-refractivity contribution in [1.29, 1.82) is 0 Å². The van der Waals surface area contributed by atoms with E-state index in [-0.39, 0.29) is 12.2 Å². The Labute approximate surface area is 228 Å². The van der Waals surface area contributed by atoms with Crippen molar-refractivity contribution in [3.63, 3.8) is 0 Å². The quantitative estimate of drug-likeness (QED) is 0.166. The predicted molar refractivity (Wildman–Crippen MR) is 150 cm³/mol. The third-order valence-electron chi connectivity index (χ3n) is 6.20. The fourth-order valence-corrected chi connectivity index (χ4v) is 4.18. The highest BCUT2D eigenvalue weighted by Gasteiger charge is 2.18. The van der Waals surface area contributed by atoms with Gasteiger partial charge in [0.25, 0.3) is 0 Å². The average molecular weight is 525 g/mol. The maximum atomic E-state index is 12.4. The number of benzene rings is 3. The van der Waals surface area contributed by atoms with Gasteiger partial charge in [-0.1, -0.05) is 67.6 Å². The highest BCUT2D eigenvalue weighted by Crippen LogP contribution is 2.23. The Hall–Kier alpha value is -4.65. The van der Waals surface area contributed by atoms with Gasteiger partial charge in [-0.3, -0.25) is 4.79 Å². The SMILES string of the molecule is CCc1oc(-c2ccccc2)nc1CCOc1ccc(C[C@H](N/C(C)=C/C(=O)c2ccccc2)C(=O)O)cc1. The Bertz CT molecular complexity index is 1410. The molecule has 4 rings (SSSR count). The number of carbonyl (C=O) groups excluding carboxylic acids is 1. The summed E-state index contributed by atoms with van der Waals surface area (Å²) in [6.45, 7) is 4.16. The molecule has 0 fully saturated rings. The van der Waals surface area contributed by atoms with Crippen LogP contribution in [0.3, 0.4) is 0 Å². The number of carboxylic acids is 1. The zero-order chi connectivity index (χ0) is 27.6. The lowest BCUT2D eigenvalue weighted by molar-refractivity contribution is -0.139. The maximum absolute atomic E-state index is 12.4. The van der Waals surface area contributed by atoms with Gasteiger partial charge in [0.2, 0.25) is 5.89 Å². The summed E-state index contributed by atoms with van der Waals surface area (Å²) in [5.74, 6) is 0.981. The number of ether oxygens (including phenoxy) is 1. The molecule has 7 heteroatoms. The second-order valence-electron chi connectivity index (χ2n) is 9.15. The molecule has 0 bridgehead atoms. The molecule has 0 amide bonds. The van der Waals surface area contributed by atoms with Crippen molar-refractivity contribution in [2.75, 3.05) is 6.61 Å². The van der Waals surface area contributed by atoms with Crippen LogP contribution in [0.15, 0.2) is 101 Å². The van der Waals surface area contributed by atoms with Crippen molar-refractivity contribution in [3.8, 4) is 17.2 Å². The van der Waals surface area contributed by atoms with Crippen LogP contribution in [0, 0.1) is 0 Å². The van der Waals surface area contributed by atoms with Crippen LogP contribution in [0.2, 0.25) is 0 Å². The van der Waals surface area contributed by atoms with Gasteiger partial charge in [-0.15, -0.1) is 0 Å². The lowest BCUT2D eigenvalue weighted by atomic mass is 10.1. The van der Waals surface area contributed by atoms with Gasteiger partial charge in [-0.2, -0.15) is 0 Å². The molecule has 4 aromatic rings. The van der Waals surface area contributed by atoms with Crippen LogP contribution in [-0.4, -0.2) is 34.5 Å². The van der Waals surface area contributed by atoms with E-state index in [2.05, 4.69) is 10.3 Å². The monoisotopic (exact) mass is 524 g/mol. The van der Waals surface area contributed by atoms with Gasteiger partial charge in [-0.05, 0) is 36.8 Å². The fraction of sp³-hybridized carbons (Fsp3) is 0.219. The number of nitrogens with one attached hydrogen (secondary N) is 1. The van der Waals surface area contributed by atoms with Crippen LogP contribution in [0.4, 0.5) is 0 Å². The van der Waals surface area contributed by atoms with Gasteiger partial charge in [0, 0.05) is 42.2 Å². The van der Waals surface area contributed by atoms with Gasteiger partial charge in [0.15, 0.2) is 5.78 Å². The largest absolute Gasteiger partial charge is 0.493 e. The molecule has 0 aliphatic carbocycles. The number of rotatable bonds is 13. The summed E-state index contributed by atoms with van der Waals surface area (Å²) in [6, 6.07) is 25.1. The summed E-state index contributed by atoms with van der Waals surface area (Å²) in [5, 5.41) is 12.7. The molecule has 1 aromatic heterocycles. The first kappa shape index (κ1) is 27.4. The first-order valence-corrected chi connectivity index (χ1v) is 13.0. The van der Waals surface area contributed by atoms with Crippen LogP contribution in [0.1, 0.15) is 41.2 Å². The number of nitrogens with zero attached hydrogens (tertiary/aromatic N) is 1. The molecular weight excluding hydrogens is 492 g/mol. The molecule has 7 nitrogen and oxygen atoms in total. The summed E-state index contributed by atoms with van der Waals surface area (Å²) >= 11 is 0. The maximum Gasteiger partial charge on any atom is 0.326 e. The predicted octanol–water partition coefficient (Wildman–Crippen LogP) is 5.90. The standard InChI is InChI=1S/C32H32N2O5/c1-3-30-27(34-31(39-30)25-12-8-5-9-13-25)18-19-38-26-16-14-23(15-17-26)21-28(32(36)37)33-22(2)20-29(35)24-10-6-4-7-11-24/h4-17,20,28,33H,3,18-19,21H2,1-2H3,(H,36,37)/b22-20+/t28-/m0/s1. The van der Waals surface area contributed by atoms with Crippen LogP contribution in [-0.2, 0) is 24.1 Å². The van der Waals surface area contributed by atoms with Crippen molar-refractivity contribution in [1.82, 2.24) is 10.3 Å². The first-order chi connectivity index (χ1) is 18.9. The zero-order valence-electron chi connectivity index (χ0n) is 22.1. The molecule has 2 N–H and O–H groups in total. The molecule has 39 heavy (non-hydrogen) atoms. The fourth-order valence-electron chi connectivity index (χ4n) is 4.18. The third kappa shape index (κ3) is 7.68. The van der Waals surface area contributed by atoms with E-state index in [1.165, 1.54) is 6.08 Å². The van der Waals surface area contributed by atoms with Gasteiger partial charge in [0.1, 0.15) is 17.6 Å². The molecule has 0 aliphatic heterocycles. The Morgan fingerprint density at radius 2 is 1.67 bits per heavy atom. The van der Waals surface area contributed by atoms with Gasteiger partial charge in [-0.25, -0.2) is 9.78 Å². The number of carboxylic acid groups (broad SMARTS) is 1. The van der Waals surface area contributed by atoms with E-state index in [0.29, 0.717) is 35.9 Å². The number of oxazole rings is 1. The van der Waals surface area contributed by atoms with Crippen LogP contribution in [0.25, 0.3) is 11.5 Å². The third-order valence-corrected chi connectivity index (χ3v) is 6.20. The number of aliphatic carboxylic acids is 1. The molecule has 0 unspecified atom stereocenters. The lowest BCUT2D eigenvalue weighted by Crippen LogP contribution is -2.37. The van der Waals surface area contributed by atoms with E-state index in [1.807, 2.05) is 67.6 Å². The van der Waals surface area contributed by atoms with Gasteiger partial charge >= 0.3 is 5.97 Å². The average Bonchev–Trinajstić information content (AvgIpc) is 3.37. The van der Waals surface area contributed by atoms with E-state index in [1.54, 1.807) is 31.2 Å². The van der Waals surface area contributed by atoms with E-state index < -0.39 is 12.0 Å². The molecule has 0 spiro atoms. The van der Waals surface area contributed by atoms with Gasteiger partial charge in [0.05, 0.1) is 12.3 Å². The molecule has 1 heterocycles. The number of aryl methyl sites for hydroxylation is 1. The van der Waals surface area contributed by atoms with E-state index >= 15 is 0 Å². The van der Waals surface area contributed by atoms with Crippen molar-refractivity contribution in [2.24, 2.45) is 0 Å². The van der Waals surface area contributed by atoms with Crippen LogP contribution in [0.5, 0.6) is 5.75 Å². The van der Waals surface area contributed by atoms with E-state index in [4.69, 9.17) is 9.15 Å². The topological polar surface area (TPSA) is 102 Å². The summed E-state index contributed by atoms with van der Waals surface area (Å²) < 4.78 is 11.9. The van der Waals surface area contributed by atoms with Crippen molar-refractivity contribution in [3.05, 3.63) is 119 Å². The summed E-state index contributed by atoms with van der Waals surface area (Å²) in [5.41, 5.74) is 3.70. The van der Waals surface area contributed by atoms with Crippen molar-refractivity contribution in [2.45, 2.75) is 39.2 Å². The molecule has 0 saturated carbocycles. The normalized spacial score (nSPS) is 12.1. The number of carbonyl (C=O) groups is 2.